The zero-order valence-corrected chi connectivity index (χ0v) is 14.9. The molecular formula is C19H12F3N3O4. The molecule has 2 aromatic carbocycles. The zero-order chi connectivity index (χ0) is 21.2. The minimum atomic E-state index is -4.84. The fourth-order valence-corrected chi connectivity index (χ4v) is 2.68. The maximum absolute atomic E-state index is 12.7. The molecule has 10 heteroatoms. The first-order valence-electron chi connectivity index (χ1n) is 8.24. The van der Waals surface area contributed by atoms with Crippen LogP contribution in [0.4, 0.5) is 13.2 Å². The summed E-state index contributed by atoms with van der Waals surface area (Å²) in [4.78, 5) is 24.9. The van der Waals surface area contributed by atoms with Crippen LogP contribution in [-0.2, 0) is 4.74 Å². The average molecular weight is 403 g/mol. The summed E-state index contributed by atoms with van der Waals surface area (Å²) in [6.45, 7) is 1.55. The van der Waals surface area contributed by atoms with Gasteiger partial charge >= 0.3 is 12.3 Å². The van der Waals surface area contributed by atoms with Crippen LogP contribution in [0.15, 0.2) is 47.3 Å². The molecule has 7 nitrogen and oxygen atoms in total. The predicted octanol–water partition coefficient (Wildman–Crippen LogP) is 3.33. The molecule has 0 unspecified atom stereocenters. The number of rotatable bonds is 4. The van der Waals surface area contributed by atoms with Gasteiger partial charge in [0.1, 0.15) is 5.75 Å². The highest BCUT2D eigenvalue weighted by Crippen LogP contribution is 2.25. The van der Waals surface area contributed by atoms with Crippen molar-refractivity contribution >= 4 is 16.9 Å². The number of carbonyl (C=O) groups is 1. The number of nitrogens with zero attached hydrogens (tertiary/aromatic N) is 3. The lowest BCUT2D eigenvalue weighted by Gasteiger charge is -2.13. The summed E-state index contributed by atoms with van der Waals surface area (Å²) in [7, 11) is 0. The number of hydrogen-bond donors (Lipinski definition) is 0. The molecular weight excluding hydrogens is 391 g/mol. The monoisotopic (exact) mass is 403 g/mol. The van der Waals surface area contributed by atoms with Crippen molar-refractivity contribution in [1.82, 2.24) is 9.78 Å². The fourth-order valence-electron chi connectivity index (χ4n) is 2.68. The van der Waals surface area contributed by atoms with Crippen LogP contribution in [-0.4, -0.2) is 28.7 Å². The molecule has 29 heavy (non-hydrogen) atoms. The van der Waals surface area contributed by atoms with Crippen molar-refractivity contribution in [3.05, 3.63) is 63.9 Å². The summed E-state index contributed by atoms with van der Waals surface area (Å²) < 4.78 is 46.9. The number of aromatic nitrogens is 2. The van der Waals surface area contributed by atoms with Gasteiger partial charge in [0.2, 0.25) is 11.1 Å². The van der Waals surface area contributed by atoms with Gasteiger partial charge in [0.25, 0.3) is 0 Å². The van der Waals surface area contributed by atoms with E-state index in [2.05, 4.69) is 9.84 Å². The number of carbonyl (C=O) groups excluding carboxylic acids is 1. The first-order valence-corrected chi connectivity index (χ1v) is 8.24. The van der Waals surface area contributed by atoms with Crippen LogP contribution in [0.2, 0.25) is 0 Å². The Morgan fingerprint density at radius 1 is 1.21 bits per heavy atom. The molecule has 0 bridgehead atoms. The lowest BCUT2D eigenvalue weighted by Crippen LogP contribution is -2.24. The van der Waals surface area contributed by atoms with Crippen LogP contribution in [0.1, 0.15) is 23.0 Å². The lowest BCUT2D eigenvalue weighted by molar-refractivity contribution is -0.274. The molecule has 0 radical (unpaired) electrons. The topological polar surface area (TPSA) is 94.2 Å². The molecule has 0 aliphatic rings. The maximum atomic E-state index is 12.7. The van der Waals surface area contributed by atoms with Crippen LogP contribution in [0.25, 0.3) is 16.6 Å². The molecule has 0 aliphatic heterocycles. The van der Waals surface area contributed by atoms with Crippen molar-refractivity contribution in [2.24, 2.45) is 0 Å². The summed E-state index contributed by atoms with van der Waals surface area (Å²) in [5, 5.41) is 13.3. The second-order valence-corrected chi connectivity index (χ2v) is 5.66. The van der Waals surface area contributed by atoms with Crippen LogP contribution >= 0.6 is 0 Å². The first kappa shape index (κ1) is 19.9. The second-order valence-electron chi connectivity index (χ2n) is 5.66. The summed E-state index contributed by atoms with van der Waals surface area (Å²) in [5.41, 5.74) is -0.857. The highest BCUT2D eigenvalue weighted by molar-refractivity contribution is 5.94. The van der Waals surface area contributed by atoms with Gasteiger partial charge in [0.15, 0.2) is 0 Å². The number of nitriles is 1. The molecule has 0 spiro atoms. The van der Waals surface area contributed by atoms with E-state index in [0.717, 1.165) is 12.1 Å². The largest absolute Gasteiger partial charge is 0.573 e. The van der Waals surface area contributed by atoms with Crippen LogP contribution in [0.3, 0.4) is 0 Å². The fraction of sp³-hybridized carbons (Fsp3) is 0.158. The molecule has 0 aliphatic carbocycles. The number of esters is 1. The van der Waals surface area contributed by atoms with Crippen molar-refractivity contribution in [3.63, 3.8) is 0 Å². The van der Waals surface area contributed by atoms with Crippen LogP contribution < -0.4 is 10.2 Å². The lowest BCUT2D eigenvalue weighted by atomic mass is 10.1. The summed E-state index contributed by atoms with van der Waals surface area (Å²) in [6, 6.07) is 11.0. The van der Waals surface area contributed by atoms with Gasteiger partial charge < -0.3 is 9.47 Å². The van der Waals surface area contributed by atoms with Gasteiger partial charge in [-0.05, 0) is 43.3 Å². The van der Waals surface area contributed by atoms with Crippen molar-refractivity contribution in [2.45, 2.75) is 13.3 Å². The second kappa shape index (κ2) is 7.63. The Hall–Kier alpha value is -3.87. The van der Waals surface area contributed by atoms with E-state index >= 15 is 0 Å². The van der Waals surface area contributed by atoms with Gasteiger partial charge in [-0.15, -0.1) is 13.2 Å². The van der Waals surface area contributed by atoms with E-state index in [4.69, 9.17) is 4.74 Å². The minimum absolute atomic E-state index is 0.00135. The van der Waals surface area contributed by atoms with Gasteiger partial charge in [0, 0.05) is 0 Å². The number of alkyl halides is 3. The zero-order valence-electron chi connectivity index (χ0n) is 14.9. The van der Waals surface area contributed by atoms with Gasteiger partial charge in [-0.3, -0.25) is 4.79 Å². The standard InChI is InChI=1S/C19H12F3N3O4/c1-2-28-18(27)16-17(26)15-11(10-23)4-3-5-14(15)25(24-16)12-6-8-13(9-7-12)29-19(20,21)22/h3-9H,2H2,1H3. The van der Waals surface area contributed by atoms with E-state index < -0.39 is 29.2 Å². The normalized spacial score (nSPS) is 11.1. The SMILES string of the molecule is CCOC(=O)c1nn(-c2ccc(OC(F)(F)F)cc2)c2cccc(C#N)c2c1=O. The van der Waals surface area contributed by atoms with Gasteiger partial charge in [-0.2, -0.15) is 10.4 Å². The first-order chi connectivity index (χ1) is 13.7. The third-order valence-electron chi connectivity index (χ3n) is 3.82. The molecule has 0 saturated heterocycles. The molecule has 1 aromatic heterocycles. The number of hydrogen-bond acceptors (Lipinski definition) is 6. The van der Waals surface area contributed by atoms with E-state index in [0.29, 0.717) is 0 Å². The summed E-state index contributed by atoms with van der Waals surface area (Å²) in [5.74, 6) is -1.42. The van der Waals surface area contributed by atoms with E-state index in [1.807, 2.05) is 6.07 Å². The molecule has 0 amide bonds. The highest BCUT2D eigenvalue weighted by Gasteiger charge is 2.31. The average Bonchev–Trinajstić information content (AvgIpc) is 2.67. The van der Waals surface area contributed by atoms with Crippen molar-refractivity contribution in [2.75, 3.05) is 6.61 Å². The van der Waals surface area contributed by atoms with Crippen LogP contribution in [0, 0.1) is 11.3 Å². The molecule has 1 heterocycles. The van der Waals surface area contributed by atoms with E-state index in [-0.39, 0.29) is 28.8 Å². The summed E-state index contributed by atoms with van der Waals surface area (Å²) >= 11 is 0. The van der Waals surface area contributed by atoms with Gasteiger partial charge in [-0.1, -0.05) is 6.07 Å². The smallest absolute Gasteiger partial charge is 0.461 e. The van der Waals surface area contributed by atoms with Gasteiger partial charge in [0.05, 0.1) is 34.8 Å². The molecule has 148 valence electrons. The number of benzene rings is 2. The Balaban J connectivity index is 2.24. The third kappa shape index (κ3) is 4.03. The molecule has 0 N–H and O–H groups in total. The van der Waals surface area contributed by atoms with Crippen molar-refractivity contribution in [3.8, 4) is 17.5 Å². The molecule has 0 fully saturated rings. The minimum Gasteiger partial charge on any atom is -0.461 e. The van der Waals surface area contributed by atoms with E-state index in [1.165, 1.54) is 35.0 Å². The molecule has 0 saturated carbocycles. The van der Waals surface area contributed by atoms with E-state index in [1.54, 1.807) is 6.92 Å². The van der Waals surface area contributed by atoms with E-state index in [9.17, 15) is 28.0 Å². The Morgan fingerprint density at radius 3 is 2.48 bits per heavy atom. The quantitative estimate of drug-likeness (QED) is 0.621. The summed E-state index contributed by atoms with van der Waals surface area (Å²) in [6.07, 6.45) is -4.84. The Kier molecular flexibility index (Phi) is 5.23. The highest BCUT2D eigenvalue weighted by atomic mass is 19.4. The Labute approximate surface area is 161 Å². The Morgan fingerprint density at radius 2 is 1.90 bits per heavy atom. The molecule has 0 atom stereocenters. The van der Waals surface area contributed by atoms with Crippen molar-refractivity contribution in [1.29, 1.82) is 5.26 Å². The molecule has 3 aromatic rings. The Bertz CT molecular complexity index is 1180. The predicted molar refractivity (Wildman–Crippen MR) is 94.7 cm³/mol. The maximum Gasteiger partial charge on any atom is 0.573 e. The number of fused-ring (bicyclic) bond motifs is 1. The van der Waals surface area contributed by atoms with Crippen LogP contribution in [0.5, 0.6) is 5.75 Å². The third-order valence-corrected chi connectivity index (χ3v) is 3.82. The van der Waals surface area contributed by atoms with Gasteiger partial charge in [-0.25, -0.2) is 9.48 Å². The number of ether oxygens (including phenoxy) is 2. The molecule has 3 rings (SSSR count). The number of halogens is 3. The van der Waals surface area contributed by atoms with Crippen molar-refractivity contribution < 1.29 is 27.4 Å².